The molecule has 6 nitrogen and oxygen atoms in total. The first-order chi connectivity index (χ1) is 11.9. The lowest BCUT2D eigenvalue weighted by molar-refractivity contribution is 0.0164. The van der Waals surface area contributed by atoms with Gasteiger partial charge in [-0.15, -0.1) is 11.8 Å². The predicted molar refractivity (Wildman–Crippen MR) is 98.6 cm³/mol. The monoisotopic (exact) mass is 367 g/mol. The van der Waals surface area contributed by atoms with Crippen LogP contribution >= 0.6 is 11.8 Å². The first kappa shape index (κ1) is 20.0. The number of hydrogen-bond donors (Lipinski definition) is 0. The smallest absolute Gasteiger partial charge is 0.410 e. The summed E-state index contributed by atoms with van der Waals surface area (Å²) in [7, 11) is 0. The number of amides is 1. The van der Waals surface area contributed by atoms with Crippen LogP contribution in [0, 0.1) is 5.92 Å². The van der Waals surface area contributed by atoms with Crippen molar-refractivity contribution in [2.45, 2.75) is 57.3 Å². The van der Waals surface area contributed by atoms with Gasteiger partial charge in [-0.25, -0.2) is 9.78 Å². The largest absolute Gasteiger partial charge is 0.444 e. The van der Waals surface area contributed by atoms with Gasteiger partial charge in [0.15, 0.2) is 0 Å². The van der Waals surface area contributed by atoms with Gasteiger partial charge < -0.3 is 14.4 Å². The van der Waals surface area contributed by atoms with Gasteiger partial charge in [-0.05, 0) is 52.2 Å². The van der Waals surface area contributed by atoms with Crippen LogP contribution in [0.2, 0.25) is 0 Å². The highest BCUT2D eigenvalue weighted by molar-refractivity contribution is 7.98. The molecule has 1 aromatic rings. The average molecular weight is 368 g/mol. The van der Waals surface area contributed by atoms with E-state index in [0.717, 1.165) is 43.1 Å². The normalized spacial score (nSPS) is 16.1. The van der Waals surface area contributed by atoms with E-state index in [1.54, 1.807) is 24.2 Å². The molecule has 1 fully saturated rings. The highest BCUT2D eigenvalue weighted by Gasteiger charge is 2.26. The Bertz CT molecular complexity index is 555. The molecule has 0 aliphatic carbocycles. The highest BCUT2D eigenvalue weighted by atomic mass is 32.2. The van der Waals surface area contributed by atoms with Gasteiger partial charge in [-0.3, -0.25) is 4.98 Å². The summed E-state index contributed by atoms with van der Waals surface area (Å²) in [4.78, 5) is 22.5. The van der Waals surface area contributed by atoms with Crippen LogP contribution in [0.25, 0.3) is 0 Å². The number of hydrogen-bond acceptors (Lipinski definition) is 6. The minimum Gasteiger partial charge on any atom is -0.444 e. The number of ether oxygens (including phenoxy) is 2. The zero-order valence-electron chi connectivity index (χ0n) is 15.7. The van der Waals surface area contributed by atoms with Crippen LogP contribution in [0.5, 0.6) is 0 Å². The topological polar surface area (TPSA) is 64.6 Å². The third-order valence-electron chi connectivity index (χ3n) is 4.10. The summed E-state index contributed by atoms with van der Waals surface area (Å²) < 4.78 is 11.2. The molecular formula is C18H29N3O3S. The molecule has 0 saturated carbocycles. The molecule has 0 bridgehead atoms. The van der Waals surface area contributed by atoms with Crippen molar-refractivity contribution in [2.75, 3.05) is 26.0 Å². The van der Waals surface area contributed by atoms with E-state index in [-0.39, 0.29) is 6.09 Å². The zero-order valence-corrected chi connectivity index (χ0v) is 16.5. The van der Waals surface area contributed by atoms with E-state index in [9.17, 15) is 4.79 Å². The lowest BCUT2D eigenvalue weighted by Crippen LogP contribution is -2.41. The first-order valence-electron chi connectivity index (χ1n) is 8.78. The van der Waals surface area contributed by atoms with Crippen molar-refractivity contribution in [2.24, 2.45) is 5.92 Å². The Morgan fingerprint density at radius 2 is 1.96 bits per heavy atom. The maximum atomic E-state index is 12.1. The lowest BCUT2D eigenvalue weighted by Gasteiger charge is -2.33. The molecule has 1 saturated heterocycles. The van der Waals surface area contributed by atoms with Gasteiger partial charge in [0.1, 0.15) is 10.6 Å². The quantitative estimate of drug-likeness (QED) is 0.563. The third kappa shape index (κ3) is 6.82. The molecule has 25 heavy (non-hydrogen) atoms. The van der Waals surface area contributed by atoms with Crippen molar-refractivity contribution in [3.63, 3.8) is 0 Å². The number of piperidine rings is 1. The number of carbonyl (C=O) groups is 1. The van der Waals surface area contributed by atoms with Crippen LogP contribution in [0.1, 0.15) is 45.7 Å². The van der Waals surface area contributed by atoms with Gasteiger partial charge >= 0.3 is 6.09 Å². The van der Waals surface area contributed by atoms with Crippen LogP contribution in [0.15, 0.2) is 17.4 Å². The van der Waals surface area contributed by atoms with E-state index in [0.29, 0.717) is 19.1 Å². The number of carbonyl (C=O) groups excluding carboxylic acids is 1. The molecule has 1 aliphatic heterocycles. The molecule has 1 aliphatic rings. The Balaban J connectivity index is 1.65. The van der Waals surface area contributed by atoms with Gasteiger partial charge in [-0.2, -0.15) is 0 Å². The third-order valence-corrected chi connectivity index (χ3v) is 4.83. The van der Waals surface area contributed by atoms with E-state index < -0.39 is 5.60 Å². The Hall–Kier alpha value is -1.34. The van der Waals surface area contributed by atoms with Crippen molar-refractivity contribution >= 4 is 17.9 Å². The summed E-state index contributed by atoms with van der Waals surface area (Å²) in [6.45, 7) is 8.43. The summed E-state index contributed by atoms with van der Waals surface area (Å²) in [5.41, 5.74) is 0.465. The van der Waals surface area contributed by atoms with E-state index in [1.807, 2.05) is 31.9 Å². The van der Waals surface area contributed by atoms with E-state index >= 15 is 0 Å². The van der Waals surface area contributed by atoms with Crippen molar-refractivity contribution < 1.29 is 14.3 Å². The Morgan fingerprint density at radius 1 is 1.28 bits per heavy atom. The second-order valence-corrected chi connectivity index (χ2v) is 8.06. The number of aromatic nitrogens is 2. The molecule has 0 spiro atoms. The number of likely N-dealkylation sites (tertiary alicyclic amines) is 1. The average Bonchev–Trinajstić information content (AvgIpc) is 2.58. The minimum absolute atomic E-state index is 0.200. The fraction of sp³-hybridized carbons (Fsp3) is 0.722. The number of thioether (sulfide) groups is 1. The van der Waals surface area contributed by atoms with E-state index in [4.69, 9.17) is 9.47 Å². The molecule has 0 radical (unpaired) electrons. The summed E-state index contributed by atoms with van der Waals surface area (Å²) in [5, 5.41) is 0.924. The molecule has 1 amide bonds. The van der Waals surface area contributed by atoms with Crippen LogP contribution in [-0.4, -0.2) is 52.5 Å². The van der Waals surface area contributed by atoms with Gasteiger partial charge in [-0.1, -0.05) is 0 Å². The van der Waals surface area contributed by atoms with E-state index in [2.05, 4.69) is 9.97 Å². The molecule has 140 valence electrons. The molecule has 7 heteroatoms. The Labute approximate surface area is 154 Å². The van der Waals surface area contributed by atoms with Crippen LogP contribution in [-0.2, 0) is 16.1 Å². The van der Waals surface area contributed by atoms with E-state index in [1.165, 1.54) is 0 Å². The Kier molecular flexibility index (Phi) is 7.50. The second-order valence-electron chi connectivity index (χ2n) is 7.26. The summed E-state index contributed by atoms with van der Waals surface area (Å²) in [6.07, 6.45) is 8.21. The van der Waals surface area contributed by atoms with Gasteiger partial charge in [0.05, 0.1) is 12.3 Å². The second kappa shape index (κ2) is 9.38. The molecule has 2 heterocycles. The first-order valence-corrected chi connectivity index (χ1v) is 10.0. The highest BCUT2D eigenvalue weighted by Crippen LogP contribution is 2.22. The van der Waals surface area contributed by atoms with Crippen molar-refractivity contribution in [1.82, 2.24) is 14.9 Å². The van der Waals surface area contributed by atoms with Crippen molar-refractivity contribution in [1.29, 1.82) is 0 Å². The number of rotatable bonds is 6. The minimum atomic E-state index is -0.433. The maximum Gasteiger partial charge on any atom is 0.410 e. The maximum absolute atomic E-state index is 12.1. The summed E-state index contributed by atoms with van der Waals surface area (Å²) in [5.74, 6) is 0.598. The predicted octanol–water partition coefficient (Wildman–Crippen LogP) is 3.75. The molecule has 2 rings (SSSR count). The van der Waals surface area contributed by atoms with Gasteiger partial charge in [0, 0.05) is 32.1 Å². The molecule has 1 aromatic heterocycles. The van der Waals surface area contributed by atoms with Gasteiger partial charge in [0.25, 0.3) is 0 Å². The van der Waals surface area contributed by atoms with Crippen LogP contribution < -0.4 is 0 Å². The fourth-order valence-corrected chi connectivity index (χ4v) is 3.29. The van der Waals surface area contributed by atoms with Crippen molar-refractivity contribution in [3.05, 3.63) is 18.1 Å². The SMILES string of the molecule is CSc1nccnc1COCCC1CCN(C(=O)OC(C)(C)C)CC1. The standard InChI is InChI=1S/C18H29N3O3S/c1-18(2,3)24-17(22)21-10-5-14(6-11-21)7-12-23-13-15-16(25-4)20-9-8-19-15/h8-9,14H,5-7,10-13H2,1-4H3. The molecular weight excluding hydrogens is 338 g/mol. The summed E-state index contributed by atoms with van der Waals surface area (Å²) in [6, 6.07) is 0. The van der Waals surface area contributed by atoms with Gasteiger partial charge in [0.2, 0.25) is 0 Å². The van der Waals surface area contributed by atoms with Crippen LogP contribution in [0.3, 0.4) is 0 Å². The zero-order chi connectivity index (χ0) is 18.3. The summed E-state index contributed by atoms with van der Waals surface area (Å²) >= 11 is 1.59. The fourth-order valence-electron chi connectivity index (χ4n) is 2.77. The van der Waals surface area contributed by atoms with Crippen molar-refractivity contribution in [3.8, 4) is 0 Å². The molecule has 0 unspecified atom stereocenters. The lowest BCUT2D eigenvalue weighted by atomic mass is 9.94. The molecule has 0 N–H and O–H groups in total. The molecule has 0 aromatic carbocycles. The Morgan fingerprint density at radius 3 is 2.60 bits per heavy atom. The molecule has 0 atom stereocenters. The van der Waals surface area contributed by atoms with Crippen LogP contribution in [0.4, 0.5) is 4.79 Å². The number of nitrogens with zero attached hydrogens (tertiary/aromatic N) is 3.